The van der Waals surface area contributed by atoms with E-state index in [9.17, 15) is 4.79 Å². The first kappa shape index (κ1) is 22.7. The van der Waals surface area contributed by atoms with Crippen molar-refractivity contribution >= 4 is 52.5 Å². The second-order valence-electron chi connectivity index (χ2n) is 6.79. The van der Waals surface area contributed by atoms with Gasteiger partial charge in [0.15, 0.2) is 11.0 Å². The summed E-state index contributed by atoms with van der Waals surface area (Å²) in [7, 11) is 0. The Hall–Kier alpha value is -2.51. The minimum absolute atomic E-state index is 0.156. The largest absolute Gasteiger partial charge is 0.345 e. The number of carbonyl (C=O) groups excluding carboxylic acids is 1. The van der Waals surface area contributed by atoms with Crippen LogP contribution in [0, 0.1) is 0 Å². The predicted molar refractivity (Wildman–Crippen MR) is 130 cm³/mol. The van der Waals surface area contributed by atoms with Gasteiger partial charge in [0.2, 0.25) is 0 Å². The standard InChI is InChI=1S/C23H17Cl3N4OS/c24-17-8-6-16(7-9-17)22(31)27-13-21-28-29-23(32-14-15-4-2-1-3-5-15)30(21)20-12-18(25)10-11-19(20)26/h1-12H,13-14H2,(H,27,31). The fourth-order valence-electron chi connectivity index (χ4n) is 2.99. The Balaban J connectivity index is 1.61. The molecule has 9 heteroatoms. The number of thioether (sulfide) groups is 1. The summed E-state index contributed by atoms with van der Waals surface area (Å²) in [5.41, 5.74) is 2.30. The van der Waals surface area contributed by atoms with E-state index in [2.05, 4.69) is 15.5 Å². The summed E-state index contributed by atoms with van der Waals surface area (Å²) < 4.78 is 1.82. The molecule has 162 valence electrons. The summed E-state index contributed by atoms with van der Waals surface area (Å²) >= 11 is 20.1. The molecular formula is C23H17Cl3N4OS. The first-order valence-electron chi connectivity index (χ1n) is 9.61. The molecule has 1 N–H and O–H groups in total. The fourth-order valence-corrected chi connectivity index (χ4v) is 4.41. The lowest BCUT2D eigenvalue weighted by Gasteiger charge is -2.13. The van der Waals surface area contributed by atoms with Gasteiger partial charge in [-0.05, 0) is 48.0 Å². The highest BCUT2D eigenvalue weighted by molar-refractivity contribution is 7.98. The SMILES string of the molecule is O=C(NCc1nnc(SCc2ccccc2)n1-c1cc(Cl)ccc1Cl)c1ccc(Cl)cc1. The second kappa shape index (κ2) is 10.4. The Bertz CT molecular complexity index is 1230. The maximum absolute atomic E-state index is 12.6. The highest BCUT2D eigenvalue weighted by atomic mass is 35.5. The Morgan fingerprint density at radius 2 is 1.62 bits per heavy atom. The van der Waals surface area contributed by atoms with E-state index >= 15 is 0 Å². The van der Waals surface area contributed by atoms with Gasteiger partial charge in [0.05, 0.1) is 17.3 Å². The minimum Gasteiger partial charge on any atom is -0.345 e. The molecule has 1 heterocycles. The van der Waals surface area contributed by atoms with Gasteiger partial charge < -0.3 is 5.32 Å². The summed E-state index contributed by atoms with van der Waals surface area (Å²) in [6.45, 7) is 0.156. The molecule has 0 aliphatic carbocycles. The van der Waals surface area contributed by atoms with E-state index in [1.165, 1.54) is 11.8 Å². The molecular weight excluding hydrogens is 487 g/mol. The maximum atomic E-state index is 12.6. The highest BCUT2D eigenvalue weighted by Crippen LogP contribution is 2.31. The number of nitrogens with one attached hydrogen (secondary N) is 1. The lowest BCUT2D eigenvalue weighted by molar-refractivity contribution is 0.0949. The number of halogens is 3. The van der Waals surface area contributed by atoms with Gasteiger partial charge >= 0.3 is 0 Å². The zero-order valence-corrected chi connectivity index (χ0v) is 19.7. The molecule has 0 radical (unpaired) electrons. The first-order chi connectivity index (χ1) is 15.5. The van der Waals surface area contributed by atoms with Crippen LogP contribution >= 0.6 is 46.6 Å². The molecule has 5 nitrogen and oxygen atoms in total. The van der Waals surface area contributed by atoms with E-state index in [0.717, 1.165) is 5.56 Å². The molecule has 0 bridgehead atoms. The third-order valence-corrected chi connectivity index (χ3v) is 6.38. The van der Waals surface area contributed by atoms with Gasteiger partial charge in [-0.1, -0.05) is 76.9 Å². The molecule has 1 amide bonds. The number of benzene rings is 3. The predicted octanol–water partition coefficient (Wildman–Crippen LogP) is 6.45. The van der Waals surface area contributed by atoms with Crippen molar-refractivity contribution in [2.45, 2.75) is 17.5 Å². The zero-order chi connectivity index (χ0) is 22.5. The third kappa shape index (κ3) is 5.45. The molecule has 4 aromatic rings. The Morgan fingerprint density at radius 1 is 0.906 bits per heavy atom. The maximum Gasteiger partial charge on any atom is 0.251 e. The van der Waals surface area contributed by atoms with Crippen molar-refractivity contribution in [2.24, 2.45) is 0 Å². The van der Waals surface area contributed by atoms with Crippen LogP contribution in [0.5, 0.6) is 0 Å². The average Bonchev–Trinajstić information content (AvgIpc) is 3.21. The van der Waals surface area contributed by atoms with E-state index in [4.69, 9.17) is 34.8 Å². The van der Waals surface area contributed by atoms with Crippen LogP contribution in [0.25, 0.3) is 5.69 Å². The molecule has 0 saturated carbocycles. The van der Waals surface area contributed by atoms with E-state index in [0.29, 0.717) is 43.1 Å². The van der Waals surface area contributed by atoms with E-state index in [1.807, 2.05) is 34.9 Å². The van der Waals surface area contributed by atoms with Crippen LogP contribution in [0.1, 0.15) is 21.7 Å². The monoisotopic (exact) mass is 502 g/mol. The molecule has 32 heavy (non-hydrogen) atoms. The number of rotatable bonds is 7. The number of aromatic nitrogens is 3. The van der Waals surface area contributed by atoms with Crippen molar-refractivity contribution in [3.8, 4) is 5.69 Å². The van der Waals surface area contributed by atoms with Crippen LogP contribution in [-0.2, 0) is 12.3 Å². The third-order valence-electron chi connectivity index (χ3n) is 4.57. The van der Waals surface area contributed by atoms with Crippen molar-refractivity contribution in [1.29, 1.82) is 0 Å². The number of nitrogens with zero attached hydrogens (tertiary/aromatic N) is 3. The molecule has 0 spiro atoms. The molecule has 0 fully saturated rings. The Kier molecular flexibility index (Phi) is 7.37. The summed E-state index contributed by atoms with van der Waals surface area (Å²) in [4.78, 5) is 12.6. The summed E-state index contributed by atoms with van der Waals surface area (Å²) in [6.07, 6.45) is 0. The summed E-state index contributed by atoms with van der Waals surface area (Å²) in [5.74, 6) is 0.993. The van der Waals surface area contributed by atoms with Gasteiger partial charge in [0.25, 0.3) is 5.91 Å². The van der Waals surface area contributed by atoms with Crippen LogP contribution in [0.4, 0.5) is 0 Å². The minimum atomic E-state index is -0.244. The van der Waals surface area contributed by atoms with Crippen LogP contribution in [0.3, 0.4) is 0 Å². The van der Waals surface area contributed by atoms with Gasteiger partial charge in [-0.25, -0.2) is 0 Å². The molecule has 4 rings (SSSR count). The normalized spacial score (nSPS) is 10.8. The van der Waals surface area contributed by atoms with Crippen molar-refractivity contribution in [3.05, 3.63) is 105 Å². The smallest absolute Gasteiger partial charge is 0.251 e. The Morgan fingerprint density at radius 3 is 2.38 bits per heavy atom. The zero-order valence-electron chi connectivity index (χ0n) is 16.6. The van der Waals surface area contributed by atoms with Crippen LogP contribution in [0.15, 0.2) is 78.0 Å². The number of hydrogen-bond acceptors (Lipinski definition) is 4. The van der Waals surface area contributed by atoms with Gasteiger partial charge in [0, 0.05) is 21.4 Å². The van der Waals surface area contributed by atoms with Crippen molar-refractivity contribution in [3.63, 3.8) is 0 Å². The van der Waals surface area contributed by atoms with Crippen LogP contribution < -0.4 is 5.32 Å². The molecule has 0 aliphatic heterocycles. The molecule has 0 atom stereocenters. The first-order valence-corrected chi connectivity index (χ1v) is 11.7. The van der Waals surface area contributed by atoms with Crippen molar-refractivity contribution < 1.29 is 4.79 Å². The Labute approximate surface area is 204 Å². The van der Waals surface area contributed by atoms with E-state index < -0.39 is 0 Å². The van der Waals surface area contributed by atoms with Gasteiger partial charge in [0.1, 0.15) is 0 Å². The van der Waals surface area contributed by atoms with Gasteiger partial charge in [-0.2, -0.15) is 0 Å². The highest BCUT2D eigenvalue weighted by Gasteiger charge is 2.18. The van der Waals surface area contributed by atoms with Crippen molar-refractivity contribution in [1.82, 2.24) is 20.1 Å². The molecule has 0 saturated heterocycles. The number of hydrogen-bond donors (Lipinski definition) is 1. The van der Waals surface area contributed by atoms with Gasteiger partial charge in [-0.15, -0.1) is 10.2 Å². The average molecular weight is 504 g/mol. The van der Waals surface area contributed by atoms with Crippen LogP contribution in [-0.4, -0.2) is 20.7 Å². The van der Waals surface area contributed by atoms with E-state index in [-0.39, 0.29) is 12.5 Å². The number of carbonyl (C=O) groups is 1. The van der Waals surface area contributed by atoms with Gasteiger partial charge in [-0.3, -0.25) is 9.36 Å². The lowest BCUT2D eigenvalue weighted by atomic mass is 10.2. The molecule has 0 aliphatic rings. The molecule has 0 unspecified atom stereocenters. The molecule has 1 aromatic heterocycles. The van der Waals surface area contributed by atoms with Crippen LogP contribution in [0.2, 0.25) is 15.1 Å². The molecule has 3 aromatic carbocycles. The second-order valence-corrected chi connectivity index (χ2v) is 9.02. The summed E-state index contributed by atoms with van der Waals surface area (Å²) in [6, 6.07) is 21.9. The topological polar surface area (TPSA) is 59.8 Å². The fraction of sp³-hybridized carbons (Fsp3) is 0.0870. The summed E-state index contributed by atoms with van der Waals surface area (Å²) in [5, 5.41) is 13.8. The number of amides is 1. The van der Waals surface area contributed by atoms with E-state index in [1.54, 1.807) is 42.5 Å². The lowest BCUT2D eigenvalue weighted by Crippen LogP contribution is -2.24. The quantitative estimate of drug-likeness (QED) is 0.294. The van der Waals surface area contributed by atoms with Crippen molar-refractivity contribution in [2.75, 3.05) is 0 Å².